The molecule has 0 unspecified atom stereocenters. The van der Waals surface area contributed by atoms with Crippen molar-refractivity contribution >= 4 is 16.7 Å². The molecule has 2 aromatic heterocycles. The molecule has 0 amide bonds. The Kier molecular flexibility index (Phi) is 3.32. The van der Waals surface area contributed by atoms with Crippen LogP contribution in [0.3, 0.4) is 0 Å². The van der Waals surface area contributed by atoms with Crippen LogP contribution < -0.4 is 0 Å². The van der Waals surface area contributed by atoms with Crippen LogP contribution in [0.15, 0.2) is 24.7 Å². The summed E-state index contributed by atoms with van der Waals surface area (Å²) in [5.74, 6) is -0.381. The van der Waals surface area contributed by atoms with Gasteiger partial charge in [-0.1, -0.05) is 6.92 Å². The number of carbonyl (C=O) groups excluding carboxylic acids is 1. The lowest BCUT2D eigenvalue weighted by atomic mass is 10.1. The Bertz CT molecular complexity index is 552. The molecule has 2 rings (SSSR count). The predicted molar refractivity (Wildman–Crippen MR) is 64.9 cm³/mol. The Morgan fingerprint density at radius 2 is 2.12 bits per heavy atom. The van der Waals surface area contributed by atoms with E-state index in [2.05, 4.69) is 16.9 Å². The molecule has 0 bridgehead atoms. The topological polar surface area (TPSA) is 52.1 Å². The molecule has 0 aliphatic heterocycles. The van der Waals surface area contributed by atoms with E-state index in [1.54, 1.807) is 25.4 Å². The Balaban J connectivity index is 2.52. The molecule has 0 N–H and O–H groups in total. The molecular weight excluding hydrogens is 216 g/mol. The quantitative estimate of drug-likeness (QED) is 0.759. The Morgan fingerprint density at radius 1 is 1.29 bits per heavy atom. The highest BCUT2D eigenvalue weighted by Crippen LogP contribution is 2.18. The van der Waals surface area contributed by atoms with Crippen LogP contribution in [0, 0.1) is 0 Å². The van der Waals surface area contributed by atoms with Gasteiger partial charge in [-0.3, -0.25) is 4.98 Å². The molecule has 0 saturated heterocycles. The van der Waals surface area contributed by atoms with Crippen LogP contribution in [0.5, 0.6) is 0 Å². The summed E-state index contributed by atoms with van der Waals surface area (Å²) in [4.78, 5) is 19.8. The average Bonchev–Trinajstić information content (AvgIpc) is 2.37. The third kappa shape index (κ3) is 2.25. The van der Waals surface area contributed by atoms with E-state index in [-0.39, 0.29) is 5.97 Å². The monoisotopic (exact) mass is 230 g/mol. The fourth-order valence-corrected chi connectivity index (χ4v) is 1.72. The Morgan fingerprint density at radius 3 is 2.82 bits per heavy atom. The molecule has 2 aromatic rings. The molecule has 0 fully saturated rings. The molecule has 4 nitrogen and oxygen atoms in total. The van der Waals surface area contributed by atoms with Gasteiger partial charge in [0, 0.05) is 24.0 Å². The highest BCUT2D eigenvalue weighted by atomic mass is 16.5. The van der Waals surface area contributed by atoms with Gasteiger partial charge in [0.05, 0.1) is 6.61 Å². The van der Waals surface area contributed by atoms with Gasteiger partial charge in [-0.05, 0) is 30.4 Å². The normalized spacial score (nSPS) is 10.5. The standard InChI is InChI=1S/C13H14N2O2/c1-3-9-6-14-7-10-8-15-12(5-11(9)10)13(16)17-4-2/h5-8H,3-4H2,1-2H3. The zero-order chi connectivity index (χ0) is 12.3. The molecule has 0 radical (unpaired) electrons. The van der Waals surface area contributed by atoms with Crippen molar-refractivity contribution in [2.24, 2.45) is 0 Å². The van der Waals surface area contributed by atoms with Crippen LogP contribution in [0.1, 0.15) is 29.9 Å². The van der Waals surface area contributed by atoms with E-state index in [0.717, 1.165) is 22.8 Å². The molecule has 0 atom stereocenters. The molecule has 0 aromatic carbocycles. The van der Waals surface area contributed by atoms with Crippen LogP contribution in [0.2, 0.25) is 0 Å². The van der Waals surface area contributed by atoms with Gasteiger partial charge in [-0.25, -0.2) is 9.78 Å². The lowest BCUT2D eigenvalue weighted by molar-refractivity contribution is 0.0520. The lowest BCUT2D eigenvalue weighted by Crippen LogP contribution is -2.07. The van der Waals surface area contributed by atoms with Gasteiger partial charge in [0.15, 0.2) is 0 Å². The van der Waals surface area contributed by atoms with Crippen molar-refractivity contribution in [3.05, 3.63) is 35.9 Å². The first-order valence-corrected chi connectivity index (χ1v) is 5.66. The van der Waals surface area contributed by atoms with Crippen molar-refractivity contribution in [2.45, 2.75) is 20.3 Å². The first-order valence-electron chi connectivity index (χ1n) is 5.66. The zero-order valence-corrected chi connectivity index (χ0v) is 9.93. The summed E-state index contributed by atoms with van der Waals surface area (Å²) in [7, 11) is 0. The number of fused-ring (bicyclic) bond motifs is 1. The molecule has 0 aliphatic rings. The van der Waals surface area contributed by atoms with Crippen LogP contribution >= 0.6 is 0 Å². The average molecular weight is 230 g/mol. The second-order valence-electron chi connectivity index (χ2n) is 3.66. The second-order valence-corrected chi connectivity index (χ2v) is 3.66. The largest absolute Gasteiger partial charge is 0.461 e. The van der Waals surface area contributed by atoms with Crippen molar-refractivity contribution < 1.29 is 9.53 Å². The first kappa shape index (κ1) is 11.5. The van der Waals surface area contributed by atoms with Crippen LogP contribution in [0.25, 0.3) is 10.8 Å². The fourth-order valence-electron chi connectivity index (χ4n) is 1.72. The summed E-state index contributed by atoms with van der Waals surface area (Å²) in [5.41, 5.74) is 1.45. The van der Waals surface area contributed by atoms with Gasteiger partial charge >= 0.3 is 5.97 Å². The van der Waals surface area contributed by atoms with E-state index < -0.39 is 0 Å². The maximum Gasteiger partial charge on any atom is 0.356 e. The number of rotatable bonds is 3. The van der Waals surface area contributed by atoms with Crippen molar-refractivity contribution in [1.82, 2.24) is 9.97 Å². The highest BCUT2D eigenvalue weighted by molar-refractivity contribution is 5.93. The maximum atomic E-state index is 11.6. The molecule has 4 heteroatoms. The minimum Gasteiger partial charge on any atom is -0.461 e. The third-order valence-electron chi connectivity index (χ3n) is 2.59. The van der Waals surface area contributed by atoms with E-state index in [1.165, 1.54) is 0 Å². The minimum atomic E-state index is -0.381. The molecule has 0 spiro atoms. The van der Waals surface area contributed by atoms with Crippen molar-refractivity contribution in [3.63, 3.8) is 0 Å². The number of esters is 1. The van der Waals surface area contributed by atoms with E-state index in [1.807, 2.05) is 6.20 Å². The van der Waals surface area contributed by atoms with Crippen LogP contribution in [-0.2, 0) is 11.2 Å². The van der Waals surface area contributed by atoms with Crippen molar-refractivity contribution in [2.75, 3.05) is 6.61 Å². The van der Waals surface area contributed by atoms with Crippen LogP contribution in [-0.4, -0.2) is 22.5 Å². The molecule has 0 aliphatic carbocycles. The summed E-state index contributed by atoms with van der Waals surface area (Å²) in [6.07, 6.45) is 6.10. The summed E-state index contributed by atoms with van der Waals surface area (Å²) in [5, 5.41) is 1.96. The number of ether oxygens (including phenoxy) is 1. The Hall–Kier alpha value is -1.97. The fraction of sp³-hybridized carbons (Fsp3) is 0.308. The molecule has 17 heavy (non-hydrogen) atoms. The second kappa shape index (κ2) is 4.91. The smallest absolute Gasteiger partial charge is 0.356 e. The summed E-state index contributed by atoms with van der Waals surface area (Å²) < 4.78 is 4.93. The number of hydrogen-bond donors (Lipinski definition) is 0. The number of pyridine rings is 2. The molecule has 0 saturated carbocycles. The number of aromatic nitrogens is 2. The van der Waals surface area contributed by atoms with Gasteiger partial charge in [0.1, 0.15) is 5.69 Å². The Labute approximate surface area is 99.7 Å². The van der Waals surface area contributed by atoms with E-state index in [4.69, 9.17) is 4.74 Å². The van der Waals surface area contributed by atoms with Crippen LogP contribution in [0.4, 0.5) is 0 Å². The minimum absolute atomic E-state index is 0.347. The lowest BCUT2D eigenvalue weighted by Gasteiger charge is -2.05. The molecule has 2 heterocycles. The van der Waals surface area contributed by atoms with Gasteiger partial charge in [0.2, 0.25) is 0 Å². The maximum absolute atomic E-state index is 11.6. The first-order chi connectivity index (χ1) is 8.26. The predicted octanol–water partition coefficient (Wildman–Crippen LogP) is 2.37. The molecular formula is C13H14N2O2. The summed E-state index contributed by atoms with van der Waals surface area (Å²) in [6.45, 7) is 4.19. The zero-order valence-electron chi connectivity index (χ0n) is 9.93. The van der Waals surface area contributed by atoms with E-state index >= 15 is 0 Å². The van der Waals surface area contributed by atoms with Gasteiger partial charge in [0.25, 0.3) is 0 Å². The van der Waals surface area contributed by atoms with Crippen molar-refractivity contribution in [1.29, 1.82) is 0 Å². The highest BCUT2D eigenvalue weighted by Gasteiger charge is 2.10. The van der Waals surface area contributed by atoms with E-state index in [0.29, 0.717) is 12.3 Å². The third-order valence-corrected chi connectivity index (χ3v) is 2.59. The van der Waals surface area contributed by atoms with E-state index in [9.17, 15) is 4.79 Å². The molecule has 88 valence electrons. The van der Waals surface area contributed by atoms with Crippen molar-refractivity contribution in [3.8, 4) is 0 Å². The van der Waals surface area contributed by atoms with Gasteiger partial charge in [-0.2, -0.15) is 0 Å². The number of hydrogen-bond acceptors (Lipinski definition) is 4. The SMILES string of the molecule is CCOC(=O)c1cc2c(CC)cncc2cn1. The van der Waals surface area contributed by atoms with Gasteiger partial charge < -0.3 is 4.74 Å². The summed E-state index contributed by atoms with van der Waals surface area (Å²) >= 11 is 0. The number of aryl methyl sites for hydroxylation is 1. The number of nitrogens with zero attached hydrogens (tertiary/aromatic N) is 2. The summed E-state index contributed by atoms with van der Waals surface area (Å²) in [6, 6.07) is 1.77. The van der Waals surface area contributed by atoms with Gasteiger partial charge in [-0.15, -0.1) is 0 Å². The number of carbonyl (C=O) groups is 1.